The van der Waals surface area contributed by atoms with Crippen LogP contribution in [-0.2, 0) is 5.41 Å². The molecule has 0 amide bonds. The number of nitrogens with one attached hydrogen (secondary N) is 1. The van der Waals surface area contributed by atoms with E-state index in [1.807, 2.05) is 11.3 Å². The molecule has 1 N–H and O–H groups in total. The van der Waals surface area contributed by atoms with Crippen molar-refractivity contribution in [2.45, 2.75) is 89.6 Å². The van der Waals surface area contributed by atoms with Gasteiger partial charge >= 0.3 is 0 Å². The quantitative estimate of drug-likeness (QED) is 0.773. The molecule has 1 aromatic rings. The van der Waals surface area contributed by atoms with E-state index in [4.69, 9.17) is 4.98 Å². The van der Waals surface area contributed by atoms with Crippen molar-refractivity contribution in [3.63, 3.8) is 0 Å². The Morgan fingerprint density at radius 2 is 1.76 bits per heavy atom. The maximum Gasteiger partial charge on any atom is 0.110 e. The highest BCUT2D eigenvalue weighted by Crippen LogP contribution is 2.38. The molecule has 0 saturated heterocycles. The summed E-state index contributed by atoms with van der Waals surface area (Å²) in [7, 11) is 0. The fourth-order valence-electron chi connectivity index (χ4n) is 3.33. The molecule has 0 aliphatic heterocycles. The van der Waals surface area contributed by atoms with Crippen LogP contribution >= 0.6 is 11.3 Å². The van der Waals surface area contributed by atoms with E-state index in [2.05, 4.69) is 31.5 Å². The van der Waals surface area contributed by atoms with E-state index < -0.39 is 0 Å². The molecule has 0 spiro atoms. The first-order valence-corrected chi connectivity index (χ1v) is 9.64. The molecule has 21 heavy (non-hydrogen) atoms. The molecule has 3 rings (SSSR count). The summed E-state index contributed by atoms with van der Waals surface area (Å²) in [6.45, 7) is 6.79. The number of aromatic nitrogens is 1. The fraction of sp³-hybridized carbons (Fsp3) is 0.833. The number of hydrogen-bond acceptors (Lipinski definition) is 3. The van der Waals surface area contributed by atoms with Crippen LogP contribution in [0.15, 0.2) is 5.38 Å². The van der Waals surface area contributed by atoms with Gasteiger partial charge in [0.2, 0.25) is 0 Å². The average Bonchev–Trinajstić information content (AvgIpc) is 3.16. The van der Waals surface area contributed by atoms with Crippen molar-refractivity contribution < 1.29 is 0 Å². The third kappa shape index (κ3) is 4.07. The van der Waals surface area contributed by atoms with Crippen LogP contribution in [0, 0.1) is 5.92 Å². The highest BCUT2D eigenvalue weighted by Gasteiger charge is 2.33. The molecular formula is C18H30N2S. The summed E-state index contributed by atoms with van der Waals surface area (Å²) >= 11 is 1.88. The van der Waals surface area contributed by atoms with E-state index in [1.165, 1.54) is 62.1 Å². The molecule has 1 aromatic heterocycles. The molecule has 2 fully saturated rings. The highest BCUT2D eigenvalue weighted by molar-refractivity contribution is 7.09. The molecule has 1 heterocycles. The van der Waals surface area contributed by atoms with Crippen molar-refractivity contribution in [3.8, 4) is 0 Å². The Labute approximate surface area is 133 Å². The second-order valence-electron chi connectivity index (χ2n) is 7.99. The van der Waals surface area contributed by atoms with Crippen LogP contribution < -0.4 is 5.32 Å². The summed E-state index contributed by atoms with van der Waals surface area (Å²) in [5.41, 5.74) is 1.43. The minimum Gasteiger partial charge on any atom is -0.305 e. The predicted molar refractivity (Wildman–Crippen MR) is 90.9 cm³/mol. The third-order valence-corrected chi connectivity index (χ3v) is 5.85. The van der Waals surface area contributed by atoms with E-state index >= 15 is 0 Å². The van der Waals surface area contributed by atoms with E-state index in [-0.39, 0.29) is 5.41 Å². The van der Waals surface area contributed by atoms with Gasteiger partial charge in [0.15, 0.2) is 0 Å². The van der Waals surface area contributed by atoms with Crippen LogP contribution in [-0.4, -0.2) is 11.0 Å². The smallest absolute Gasteiger partial charge is 0.110 e. The summed E-state index contributed by atoms with van der Waals surface area (Å²) in [6.07, 6.45) is 11.2. The van der Waals surface area contributed by atoms with Crippen molar-refractivity contribution >= 4 is 11.3 Å². The Hall–Kier alpha value is -0.410. The first-order valence-electron chi connectivity index (χ1n) is 8.76. The minimum absolute atomic E-state index is 0.169. The van der Waals surface area contributed by atoms with Gasteiger partial charge in [-0.3, -0.25) is 0 Å². The number of nitrogens with zero attached hydrogens (tertiary/aromatic N) is 1. The summed E-state index contributed by atoms with van der Waals surface area (Å²) in [4.78, 5) is 5.02. The molecule has 118 valence electrons. The van der Waals surface area contributed by atoms with Crippen molar-refractivity contribution in [1.82, 2.24) is 10.3 Å². The number of rotatable bonds is 4. The topological polar surface area (TPSA) is 24.9 Å². The van der Waals surface area contributed by atoms with Gasteiger partial charge in [-0.05, 0) is 31.6 Å². The van der Waals surface area contributed by atoms with Gasteiger partial charge in [-0.1, -0.05) is 46.5 Å². The van der Waals surface area contributed by atoms with Crippen LogP contribution in [0.2, 0.25) is 0 Å². The van der Waals surface area contributed by atoms with Gasteiger partial charge in [0.1, 0.15) is 5.01 Å². The third-order valence-electron chi connectivity index (χ3n) is 4.92. The molecule has 2 aliphatic rings. The Morgan fingerprint density at radius 3 is 2.29 bits per heavy atom. The monoisotopic (exact) mass is 306 g/mol. The standard InChI is InChI=1S/C18H30N2S/c1-18(2,3)15-12-21-17(20-15)16(19-14-10-11-14)13-8-6-4-5-7-9-13/h12-14,16,19H,4-11H2,1-3H3. The van der Waals surface area contributed by atoms with Gasteiger partial charge < -0.3 is 5.32 Å². The maximum absolute atomic E-state index is 5.02. The van der Waals surface area contributed by atoms with Crippen LogP contribution in [0.5, 0.6) is 0 Å². The van der Waals surface area contributed by atoms with Crippen molar-refractivity contribution in [2.75, 3.05) is 0 Å². The molecule has 1 atom stereocenters. The van der Waals surface area contributed by atoms with Crippen molar-refractivity contribution in [2.24, 2.45) is 5.92 Å². The van der Waals surface area contributed by atoms with Gasteiger partial charge in [0.05, 0.1) is 11.7 Å². The fourth-order valence-corrected chi connectivity index (χ4v) is 4.53. The lowest BCUT2D eigenvalue weighted by atomic mass is 9.91. The van der Waals surface area contributed by atoms with Crippen LogP contribution in [0.3, 0.4) is 0 Å². The normalized spacial score (nSPS) is 23.0. The minimum atomic E-state index is 0.169. The molecular weight excluding hydrogens is 276 g/mol. The van der Waals surface area contributed by atoms with E-state index in [1.54, 1.807) is 0 Å². The second kappa shape index (κ2) is 6.37. The Balaban J connectivity index is 1.78. The number of thiazole rings is 1. The maximum atomic E-state index is 5.02. The zero-order valence-corrected chi connectivity index (χ0v) is 14.6. The zero-order valence-electron chi connectivity index (χ0n) is 13.8. The van der Waals surface area contributed by atoms with Crippen molar-refractivity contribution in [3.05, 3.63) is 16.1 Å². The summed E-state index contributed by atoms with van der Waals surface area (Å²) in [5.74, 6) is 0.798. The van der Waals surface area contributed by atoms with E-state index in [9.17, 15) is 0 Å². The van der Waals surface area contributed by atoms with Gasteiger partial charge in [-0.2, -0.15) is 0 Å². The molecule has 2 nitrogen and oxygen atoms in total. The van der Waals surface area contributed by atoms with Crippen molar-refractivity contribution in [1.29, 1.82) is 0 Å². The first kappa shape index (κ1) is 15.5. The summed E-state index contributed by atoms with van der Waals surface area (Å²) in [5, 5.41) is 7.55. The summed E-state index contributed by atoms with van der Waals surface area (Å²) < 4.78 is 0. The zero-order chi connectivity index (χ0) is 14.9. The lowest BCUT2D eigenvalue weighted by Gasteiger charge is -2.26. The Bertz CT molecular complexity index is 448. The summed E-state index contributed by atoms with van der Waals surface area (Å²) in [6, 6.07) is 1.27. The molecule has 2 saturated carbocycles. The van der Waals surface area contributed by atoms with E-state index in [0.29, 0.717) is 6.04 Å². The van der Waals surface area contributed by atoms with Crippen LogP contribution in [0.25, 0.3) is 0 Å². The van der Waals surface area contributed by atoms with E-state index in [0.717, 1.165) is 12.0 Å². The van der Waals surface area contributed by atoms with Crippen LogP contribution in [0.4, 0.5) is 0 Å². The first-order chi connectivity index (χ1) is 10.0. The van der Waals surface area contributed by atoms with Gasteiger partial charge in [0.25, 0.3) is 0 Å². The molecule has 3 heteroatoms. The SMILES string of the molecule is CC(C)(C)c1csc(C(NC2CC2)C2CCCCCC2)n1. The van der Waals surface area contributed by atoms with Gasteiger partial charge in [-0.15, -0.1) is 11.3 Å². The Kier molecular flexibility index (Phi) is 4.70. The molecule has 1 unspecified atom stereocenters. The molecule has 0 radical (unpaired) electrons. The van der Waals surface area contributed by atoms with Crippen LogP contribution in [0.1, 0.15) is 88.9 Å². The van der Waals surface area contributed by atoms with Gasteiger partial charge in [0, 0.05) is 16.8 Å². The lowest BCUT2D eigenvalue weighted by Crippen LogP contribution is -2.30. The number of hydrogen-bond donors (Lipinski definition) is 1. The lowest BCUT2D eigenvalue weighted by molar-refractivity contribution is 0.321. The molecule has 0 bridgehead atoms. The highest BCUT2D eigenvalue weighted by atomic mass is 32.1. The van der Waals surface area contributed by atoms with Gasteiger partial charge in [-0.25, -0.2) is 4.98 Å². The largest absolute Gasteiger partial charge is 0.305 e. The Morgan fingerprint density at radius 1 is 1.10 bits per heavy atom. The molecule has 2 aliphatic carbocycles. The molecule has 0 aromatic carbocycles. The second-order valence-corrected chi connectivity index (χ2v) is 8.88. The average molecular weight is 307 g/mol. The predicted octanol–water partition coefficient (Wildman–Crippen LogP) is 5.20.